The van der Waals surface area contributed by atoms with Gasteiger partial charge in [0.15, 0.2) is 9.84 Å². The highest BCUT2D eigenvalue weighted by Gasteiger charge is 2.16. The second-order valence-corrected chi connectivity index (χ2v) is 6.86. The summed E-state index contributed by atoms with van der Waals surface area (Å²) in [5.41, 5.74) is 1.29. The van der Waals surface area contributed by atoms with E-state index < -0.39 is 21.7 Å². The Bertz CT molecular complexity index is 719. The zero-order chi connectivity index (χ0) is 15.5. The molecule has 0 aliphatic heterocycles. The van der Waals surface area contributed by atoms with E-state index in [-0.39, 0.29) is 10.6 Å². The van der Waals surface area contributed by atoms with E-state index in [1.807, 2.05) is 0 Å². The van der Waals surface area contributed by atoms with Crippen molar-refractivity contribution in [1.82, 2.24) is 0 Å². The molecule has 0 aliphatic carbocycles. The third kappa shape index (κ3) is 3.70. The van der Waals surface area contributed by atoms with E-state index in [0.29, 0.717) is 11.1 Å². The molecule has 0 heterocycles. The Kier molecular flexibility index (Phi) is 4.43. The number of rotatable bonds is 5. The van der Waals surface area contributed by atoms with Crippen molar-refractivity contribution in [1.29, 1.82) is 0 Å². The minimum Gasteiger partial charge on any atom is -0.481 e. The topological polar surface area (TPSA) is 71.4 Å². The Morgan fingerprint density at radius 3 is 2.14 bits per heavy atom. The molecule has 0 amide bonds. The Labute approximate surface area is 124 Å². The van der Waals surface area contributed by atoms with Gasteiger partial charge in [0.2, 0.25) is 0 Å². The van der Waals surface area contributed by atoms with E-state index in [4.69, 9.17) is 5.11 Å². The molecule has 1 N–H and O–H groups in total. The molecule has 1 atom stereocenters. The van der Waals surface area contributed by atoms with Crippen molar-refractivity contribution in [2.24, 2.45) is 0 Å². The molecule has 0 saturated heterocycles. The van der Waals surface area contributed by atoms with Crippen LogP contribution in [-0.4, -0.2) is 19.5 Å². The summed E-state index contributed by atoms with van der Waals surface area (Å²) in [7, 11) is -3.38. The predicted octanol–water partition coefficient (Wildman–Crippen LogP) is 2.85. The van der Waals surface area contributed by atoms with Crippen molar-refractivity contribution < 1.29 is 18.3 Å². The van der Waals surface area contributed by atoms with E-state index in [2.05, 4.69) is 0 Å². The molecule has 4 nitrogen and oxygen atoms in total. The van der Waals surface area contributed by atoms with E-state index in [0.717, 1.165) is 0 Å². The van der Waals surface area contributed by atoms with Crippen LogP contribution in [0.25, 0.3) is 0 Å². The fourth-order valence-corrected chi connectivity index (χ4v) is 3.35. The summed E-state index contributed by atoms with van der Waals surface area (Å²) in [6, 6.07) is 14.9. The molecule has 21 heavy (non-hydrogen) atoms. The molecular weight excluding hydrogens is 288 g/mol. The van der Waals surface area contributed by atoms with E-state index in [1.54, 1.807) is 61.5 Å². The van der Waals surface area contributed by atoms with Crippen molar-refractivity contribution in [3.05, 3.63) is 65.7 Å². The Morgan fingerprint density at radius 2 is 1.62 bits per heavy atom. The molecule has 2 rings (SSSR count). The van der Waals surface area contributed by atoms with Gasteiger partial charge in [-0.2, -0.15) is 0 Å². The molecule has 0 radical (unpaired) electrons. The standard InChI is InChI=1S/C16H16O4S/c1-12(16(17)18)14-9-7-13(8-10-14)11-21(19,20)15-5-3-2-4-6-15/h2-10,12H,11H2,1H3,(H,17,18)/t12-/m0/s1. The molecule has 0 spiro atoms. The van der Waals surface area contributed by atoms with Crippen LogP contribution in [0.15, 0.2) is 59.5 Å². The van der Waals surface area contributed by atoms with Gasteiger partial charge in [0.1, 0.15) is 0 Å². The van der Waals surface area contributed by atoms with Crippen molar-refractivity contribution in [3.8, 4) is 0 Å². The van der Waals surface area contributed by atoms with Crippen LogP contribution in [0.5, 0.6) is 0 Å². The quantitative estimate of drug-likeness (QED) is 0.922. The summed E-state index contributed by atoms with van der Waals surface area (Å²) in [6.07, 6.45) is 0. The minimum absolute atomic E-state index is 0.0985. The molecule has 0 bridgehead atoms. The maximum absolute atomic E-state index is 12.2. The summed E-state index contributed by atoms with van der Waals surface area (Å²) in [6.45, 7) is 1.60. The summed E-state index contributed by atoms with van der Waals surface area (Å²) in [4.78, 5) is 11.2. The number of carbonyl (C=O) groups is 1. The average Bonchev–Trinajstić information content (AvgIpc) is 2.48. The van der Waals surface area contributed by atoms with Crippen LogP contribution in [0.3, 0.4) is 0 Å². The predicted molar refractivity (Wildman–Crippen MR) is 79.8 cm³/mol. The van der Waals surface area contributed by atoms with E-state index in [1.165, 1.54) is 0 Å². The molecule has 0 aliphatic rings. The lowest BCUT2D eigenvalue weighted by Gasteiger charge is -2.08. The molecule has 110 valence electrons. The molecule has 0 unspecified atom stereocenters. The second-order valence-electron chi connectivity index (χ2n) is 4.87. The van der Waals surface area contributed by atoms with E-state index >= 15 is 0 Å². The number of hydrogen-bond donors (Lipinski definition) is 1. The second kappa shape index (κ2) is 6.10. The summed E-state index contributed by atoms with van der Waals surface area (Å²) in [5, 5.41) is 8.94. The van der Waals surface area contributed by atoms with Crippen LogP contribution >= 0.6 is 0 Å². The van der Waals surface area contributed by atoms with Crippen molar-refractivity contribution in [2.45, 2.75) is 23.5 Å². The van der Waals surface area contributed by atoms with Crippen molar-refractivity contribution in [3.63, 3.8) is 0 Å². The van der Waals surface area contributed by atoms with Gasteiger partial charge < -0.3 is 5.11 Å². The Hall–Kier alpha value is -2.14. The van der Waals surface area contributed by atoms with Gasteiger partial charge in [0, 0.05) is 0 Å². The van der Waals surface area contributed by atoms with Crippen molar-refractivity contribution >= 4 is 15.8 Å². The maximum Gasteiger partial charge on any atom is 0.310 e. The minimum atomic E-state index is -3.38. The highest BCUT2D eigenvalue weighted by Crippen LogP contribution is 2.19. The first-order valence-corrected chi connectivity index (χ1v) is 8.15. The molecular formula is C16H16O4S. The van der Waals surface area contributed by atoms with Crippen LogP contribution in [0.2, 0.25) is 0 Å². The highest BCUT2D eigenvalue weighted by atomic mass is 32.2. The first-order valence-electron chi connectivity index (χ1n) is 6.49. The Balaban J connectivity index is 2.19. The summed E-state index contributed by atoms with van der Waals surface area (Å²) in [5.74, 6) is -1.61. The number of carboxylic acids is 1. The SMILES string of the molecule is C[C@H](C(=O)O)c1ccc(CS(=O)(=O)c2ccccc2)cc1. The normalized spacial score (nSPS) is 12.8. The molecule has 5 heteroatoms. The first-order chi connectivity index (χ1) is 9.90. The monoisotopic (exact) mass is 304 g/mol. The summed E-state index contributed by atoms with van der Waals surface area (Å²) >= 11 is 0. The zero-order valence-corrected chi connectivity index (χ0v) is 12.4. The van der Waals surface area contributed by atoms with Gasteiger partial charge in [-0.3, -0.25) is 4.79 Å². The largest absolute Gasteiger partial charge is 0.481 e. The van der Waals surface area contributed by atoms with Gasteiger partial charge in [0.05, 0.1) is 16.6 Å². The zero-order valence-electron chi connectivity index (χ0n) is 11.6. The van der Waals surface area contributed by atoms with Crippen LogP contribution < -0.4 is 0 Å². The lowest BCUT2D eigenvalue weighted by atomic mass is 10.0. The van der Waals surface area contributed by atoms with Crippen LogP contribution in [0.4, 0.5) is 0 Å². The number of carboxylic acid groups (broad SMARTS) is 1. The molecule has 0 fully saturated rings. The van der Waals surface area contributed by atoms with Crippen LogP contribution in [-0.2, 0) is 20.4 Å². The fraction of sp³-hybridized carbons (Fsp3) is 0.188. The van der Waals surface area contributed by atoms with Gasteiger partial charge >= 0.3 is 5.97 Å². The molecule has 2 aromatic carbocycles. The number of hydrogen-bond acceptors (Lipinski definition) is 3. The van der Waals surface area contributed by atoms with E-state index in [9.17, 15) is 13.2 Å². The summed E-state index contributed by atoms with van der Waals surface area (Å²) < 4.78 is 24.5. The number of aliphatic carboxylic acids is 1. The molecule has 0 aromatic heterocycles. The van der Waals surface area contributed by atoms with Gasteiger partial charge in [-0.05, 0) is 30.2 Å². The van der Waals surface area contributed by atoms with Gasteiger partial charge in [-0.15, -0.1) is 0 Å². The lowest BCUT2D eigenvalue weighted by Crippen LogP contribution is -2.08. The lowest BCUT2D eigenvalue weighted by molar-refractivity contribution is -0.138. The van der Waals surface area contributed by atoms with Crippen molar-refractivity contribution in [2.75, 3.05) is 0 Å². The third-order valence-corrected chi connectivity index (χ3v) is 5.01. The average molecular weight is 304 g/mol. The number of sulfone groups is 1. The van der Waals surface area contributed by atoms with Gasteiger partial charge in [-0.1, -0.05) is 42.5 Å². The van der Waals surface area contributed by atoms with Crippen LogP contribution in [0.1, 0.15) is 24.0 Å². The molecule has 2 aromatic rings. The number of benzene rings is 2. The van der Waals surface area contributed by atoms with Gasteiger partial charge in [-0.25, -0.2) is 8.42 Å². The van der Waals surface area contributed by atoms with Gasteiger partial charge in [0.25, 0.3) is 0 Å². The van der Waals surface area contributed by atoms with Crippen LogP contribution in [0, 0.1) is 0 Å². The first kappa shape index (κ1) is 15.3. The smallest absolute Gasteiger partial charge is 0.310 e. The molecule has 0 saturated carbocycles. The Morgan fingerprint density at radius 1 is 1.05 bits per heavy atom. The third-order valence-electron chi connectivity index (χ3n) is 3.31. The maximum atomic E-state index is 12.2. The highest BCUT2D eigenvalue weighted by molar-refractivity contribution is 7.90. The fourth-order valence-electron chi connectivity index (χ4n) is 1.98.